The Hall–Kier alpha value is 0.470. The van der Waals surface area contributed by atoms with Crippen LogP contribution in [-0.2, 0) is 0 Å². The molecule has 0 radical (unpaired) electrons. The minimum atomic E-state index is 1.29. The van der Waals surface area contributed by atoms with Gasteiger partial charge in [0.2, 0.25) is 0 Å². The Bertz CT molecular complexity index is 94.9. The van der Waals surface area contributed by atoms with Crippen LogP contribution in [0.1, 0.15) is 46.0 Å². The van der Waals surface area contributed by atoms with E-state index in [1.54, 1.807) is 0 Å². The van der Waals surface area contributed by atoms with Gasteiger partial charge in [0, 0.05) is 0 Å². The van der Waals surface area contributed by atoms with Crippen LogP contribution in [-0.4, -0.2) is 0 Å². The predicted molar refractivity (Wildman–Crippen MR) is 56.5 cm³/mol. The number of hydrogen-bond donors (Lipinski definition) is 0. The van der Waals surface area contributed by atoms with E-state index >= 15 is 0 Å². The highest BCUT2D eigenvalue weighted by Gasteiger charge is 1.88. The van der Waals surface area contributed by atoms with Crippen molar-refractivity contribution in [2.24, 2.45) is 0 Å². The molecule has 1 heteroatoms. The normalized spacial score (nSPS) is 12.1. The lowest BCUT2D eigenvalue weighted by molar-refractivity contribution is 0.665. The highest BCUT2D eigenvalue weighted by Crippen LogP contribution is 2.10. The SMILES string of the molecule is CCCCCCC(C)=CI. The molecule has 0 aliphatic rings. The van der Waals surface area contributed by atoms with Crippen LogP contribution < -0.4 is 0 Å². The molecule has 10 heavy (non-hydrogen) atoms. The molecule has 0 saturated carbocycles. The van der Waals surface area contributed by atoms with Crippen molar-refractivity contribution in [3.8, 4) is 0 Å². The Balaban J connectivity index is 3.04. The summed E-state index contributed by atoms with van der Waals surface area (Å²) < 4.78 is 2.18. The van der Waals surface area contributed by atoms with Crippen LogP contribution >= 0.6 is 22.6 Å². The van der Waals surface area contributed by atoms with Crippen molar-refractivity contribution >= 4 is 22.6 Å². The highest BCUT2D eigenvalue weighted by atomic mass is 127. The summed E-state index contributed by atoms with van der Waals surface area (Å²) in [5.41, 5.74) is 1.52. The van der Waals surface area contributed by atoms with E-state index < -0.39 is 0 Å². The van der Waals surface area contributed by atoms with E-state index in [0.29, 0.717) is 0 Å². The van der Waals surface area contributed by atoms with E-state index in [1.165, 1.54) is 37.7 Å². The fourth-order valence-electron chi connectivity index (χ4n) is 0.885. The zero-order valence-electron chi connectivity index (χ0n) is 6.99. The summed E-state index contributed by atoms with van der Waals surface area (Å²) >= 11 is 2.31. The summed E-state index contributed by atoms with van der Waals surface area (Å²) in [5.74, 6) is 0. The Kier molecular flexibility index (Phi) is 7.93. The summed E-state index contributed by atoms with van der Waals surface area (Å²) in [6.07, 6.45) is 6.81. The number of allylic oxidation sites excluding steroid dienone is 1. The third-order valence-corrected chi connectivity index (χ3v) is 2.67. The van der Waals surface area contributed by atoms with Crippen LogP contribution in [0.15, 0.2) is 9.66 Å². The van der Waals surface area contributed by atoms with Crippen LogP contribution in [0.5, 0.6) is 0 Å². The average molecular weight is 252 g/mol. The molecule has 0 fully saturated rings. The molecular formula is C9H17I. The predicted octanol–water partition coefficient (Wildman–Crippen LogP) is 4.30. The van der Waals surface area contributed by atoms with Crippen LogP contribution in [0, 0.1) is 0 Å². The maximum absolute atomic E-state index is 2.31. The molecule has 0 amide bonds. The molecule has 0 heterocycles. The van der Waals surface area contributed by atoms with Crippen molar-refractivity contribution in [3.63, 3.8) is 0 Å². The fourth-order valence-corrected chi connectivity index (χ4v) is 1.20. The molecule has 0 aromatic rings. The molecule has 0 aliphatic carbocycles. The lowest BCUT2D eigenvalue weighted by atomic mass is 10.1. The molecule has 0 aromatic carbocycles. The zero-order chi connectivity index (χ0) is 7.82. The van der Waals surface area contributed by atoms with Gasteiger partial charge in [-0.1, -0.05) is 54.4 Å². The second-order valence-electron chi connectivity index (χ2n) is 2.77. The second kappa shape index (κ2) is 7.58. The standard InChI is InChI=1S/C9H17I/c1-3-4-5-6-7-9(2)8-10/h8H,3-7H2,1-2H3. The summed E-state index contributed by atoms with van der Waals surface area (Å²) in [6, 6.07) is 0. The van der Waals surface area contributed by atoms with E-state index in [4.69, 9.17) is 0 Å². The molecule has 0 spiro atoms. The fraction of sp³-hybridized carbons (Fsp3) is 0.778. The third-order valence-electron chi connectivity index (χ3n) is 1.61. The summed E-state index contributed by atoms with van der Waals surface area (Å²) in [4.78, 5) is 0. The lowest BCUT2D eigenvalue weighted by Gasteiger charge is -1.98. The van der Waals surface area contributed by atoms with Gasteiger partial charge in [-0.2, -0.15) is 0 Å². The van der Waals surface area contributed by atoms with E-state index in [2.05, 4.69) is 40.5 Å². The van der Waals surface area contributed by atoms with Gasteiger partial charge in [-0.3, -0.25) is 0 Å². The molecule has 60 valence electrons. The van der Waals surface area contributed by atoms with E-state index in [9.17, 15) is 0 Å². The van der Waals surface area contributed by atoms with Crippen LogP contribution in [0.2, 0.25) is 0 Å². The molecule has 0 N–H and O–H groups in total. The van der Waals surface area contributed by atoms with Gasteiger partial charge in [0.1, 0.15) is 0 Å². The molecule has 0 rings (SSSR count). The van der Waals surface area contributed by atoms with Crippen molar-refractivity contribution in [2.75, 3.05) is 0 Å². The highest BCUT2D eigenvalue weighted by molar-refractivity contribution is 14.1. The van der Waals surface area contributed by atoms with Crippen molar-refractivity contribution in [1.82, 2.24) is 0 Å². The van der Waals surface area contributed by atoms with Crippen LogP contribution in [0.25, 0.3) is 0 Å². The quantitative estimate of drug-likeness (QED) is 0.505. The first-order valence-electron chi connectivity index (χ1n) is 4.07. The van der Waals surface area contributed by atoms with Crippen molar-refractivity contribution < 1.29 is 0 Å². The first-order chi connectivity index (χ1) is 4.81. The first-order valence-corrected chi connectivity index (χ1v) is 5.31. The molecule has 0 unspecified atom stereocenters. The van der Waals surface area contributed by atoms with Crippen LogP contribution in [0.4, 0.5) is 0 Å². The number of hydrogen-bond acceptors (Lipinski definition) is 0. The second-order valence-corrected chi connectivity index (χ2v) is 3.39. The smallest absolute Gasteiger partial charge is 0.0245 e. The van der Waals surface area contributed by atoms with Gasteiger partial charge in [0.15, 0.2) is 0 Å². The van der Waals surface area contributed by atoms with Gasteiger partial charge in [0.25, 0.3) is 0 Å². The van der Waals surface area contributed by atoms with Gasteiger partial charge in [0.05, 0.1) is 0 Å². The maximum atomic E-state index is 2.31. The Morgan fingerprint density at radius 2 is 2.00 bits per heavy atom. The van der Waals surface area contributed by atoms with Gasteiger partial charge in [-0.25, -0.2) is 0 Å². The maximum Gasteiger partial charge on any atom is -0.0245 e. The van der Waals surface area contributed by atoms with Crippen molar-refractivity contribution in [2.45, 2.75) is 46.0 Å². The lowest BCUT2D eigenvalue weighted by Crippen LogP contribution is -1.77. The minimum Gasteiger partial charge on any atom is -0.0673 e. The summed E-state index contributed by atoms with van der Waals surface area (Å²) in [5, 5.41) is 0. The largest absolute Gasteiger partial charge is 0.0673 e. The Morgan fingerprint density at radius 3 is 2.50 bits per heavy atom. The molecule has 0 aromatic heterocycles. The Morgan fingerprint density at radius 1 is 1.30 bits per heavy atom. The van der Waals surface area contributed by atoms with Crippen LogP contribution in [0.3, 0.4) is 0 Å². The average Bonchev–Trinajstić information content (AvgIpc) is 1.98. The monoisotopic (exact) mass is 252 g/mol. The van der Waals surface area contributed by atoms with Gasteiger partial charge in [-0.15, -0.1) is 0 Å². The van der Waals surface area contributed by atoms with Gasteiger partial charge >= 0.3 is 0 Å². The number of halogens is 1. The molecular weight excluding hydrogens is 235 g/mol. The summed E-state index contributed by atoms with van der Waals surface area (Å²) in [6.45, 7) is 4.46. The van der Waals surface area contributed by atoms with Gasteiger partial charge < -0.3 is 0 Å². The topological polar surface area (TPSA) is 0 Å². The molecule has 0 aliphatic heterocycles. The van der Waals surface area contributed by atoms with Crippen molar-refractivity contribution in [3.05, 3.63) is 9.66 Å². The van der Waals surface area contributed by atoms with Crippen molar-refractivity contribution in [1.29, 1.82) is 0 Å². The number of rotatable bonds is 5. The van der Waals surface area contributed by atoms with E-state index in [-0.39, 0.29) is 0 Å². The molecule has 0 atom stereocenters. The van der Waals surface area contributed by atoms with E-state index in [0.717, 1.165) is 0 Å². The molecule has 0 bridgehead atoms. The molecule has 0 saturated heterocycles. The van der Waals surface area contributed by atoms with E-state index in [1.807, 2.05) is 0 Å². The number of unbranched alkanes of at least 4 members (excludes halogenated alkanes) is 3. The zero-order valence-corrected chi connectivity index (χ0v) is 9.15. The van der Waals surface area contributed by atoms with Gasteiger partial charge in [-0.05, 0) is 23.8 Å². The third kappa shape index (κ3) is 6.59. The molecule has 0 nitrogen and oxygen atoms in total. The summed E-state index contributed by atoms with van der Waals surface area (Å²) in [7, 11) is 0. The minimum absolute atomic E-state index is 1.29. The Labute approximate surface area is 78.2 Å². The first kappa shape index (κ1) is 10.5.